The van der Waals surface area contributed by atoms with Crippen molar-refractivity contribution in [3.63, 3.8) is 0 Å². The minimum Gasteiger partial charge on any atom is -0.383 e. The molecule has 1 heterocycles. The Bertz CT molecular complexity index is 507. The Morgan fingerprint density at radius 3 is 3.00 bits per heavy atom. The van der Waals surface area contributed by atoms with E-state index in [1.54, 1.807) is 13.2 Å². The molecular weight excluding hydrogens is 262 g/mol. The van der Waals surface area contributed by atoms with Crippen molar-refractivity contribution in [1.82, 2.24) is 9.97 Å². The first kappa shape index (κ1) is 13.8. The van der Waals surface area contributed by atoms with Crippen molar-refractivity contribution in [2.24, 2.45) is 0 Å². The van der Waals surface area contributed by atoms with E-state index in [4.69, 9.17) is 16.3 Å². The van der Waals surface area contributed by atoms with Crippen LogP contribution in [-0.4, -0.2) is 30.2 Å². The van der Waals surface area contributed by atoms with Gasteiger partial charge in [0.25, 0.3) is 0 Å². The first-order valence-electron chi connectivity index (χ1n) is 5.96. The highest BCUT2D eigenvalue weighted by Gasteiger charge is 2.09. The lowest BCUT2D eigenvalue weighted by molar-refractivity contribution is 0.205. The van der Waals surface area contributed by atoms with Gasteiger partial charge in [-0.2, -0.15) is 0 Å². The van der Waals surface area contributed by atoms with Crippen LogP contribution in [0.3, 0.4) is 0 Å². The summed E-state index contributed by atoms with van der Waals surface area (Å²) in [6.07, 6.45) is 1.47. The Morgan fingerprint density at radius 1 is 1.42 bits per heavy atom. The Morgan fingerprint density at radius 2 is 2.32 bits per heavy atom. The number of hydrogen-bond acceptors (Lipinski definition) is 4. The van der Waals surface area contributed by atoms with Crippen LogP contribution >= 0.6 is 11.6 Å². The van der Waals surface area contributed by atoms with Gasteiger partial charge in [-0.05, 0) is 17.7 Å². The average molecular weight is 277 g/mol. The third-order valence-corrected chi connectivity index (χ3v) is 2.86. The molecule has 5 heteroatoms. The summed E-state index contributed by atoms with van der Waals surface area (Å²) in [5.74, 6) is 0.793. The quantitative estimate of drug-likeness (QED) is 0.760. The average Bonchev–Trinajstić information content (AvgIpc) is 2.44. The molecule has 0 fully saturated rings. The first-order chi connectivity index (χ1) is 9.29. The van der Waals surface area contributed by atoms with E-state index in [0.29, 0.717) is 11.8 Å². The zero-order valence-corrected chi connectivity index (χ0v) is 11.5. The summed E-state index contributed by atoms with van der Waals surface area (Å²) in [4.78, 5) is 10.3. The third-order valence-electron chi connectivity index (χ3n) is 2.65. The molecule has 1 radical (unpaired) electrons. The second-order valence-corrected chi connectivity index (χ2v) is 4.41. The minimum absolute atomic E-state index is 0.437. The summed E-state index contributed by atoms with van der Waals surface area (Å²) in [5, 5.41) is 0.437. The summed E-state index contributed by atoms with van der Waals surface area (Å²) >= 11 is 5.91. The second-order valence-electron chi connectivity index (χ2n) is 4.02. The number of benzene rings is 1. The zero-order chi connectivity index (χ0) is 13.5. The van der Waals surface area contributed by atoms with Crippen molar-refractivity contribution < 1.29 is 4.74 Å². The van der Waals surface area contributed by atoms with E-state index >= 15 is 0 Å². The molecule has 0 bridgehead atoms. The van der Waals surface area contributed by atoms with Crippen LogP contribution in [0.4, 0.5) is 5.82 Å². The maximum Gasteiger partial charge on any atom is 0.134 e. The van der Waals surface area contributed by atoms with Gasteiger partial charge < -0.3 is 9.64 Å². The standard InChI is InChI=1S/C14H15ClN3O/c1-19-8-7-18(10-12-5-3-2-4-6-12)14-9-13(15)16-11-17-14/h2-3,5-6,9,11H,7-8,10H2,1H3. The van der Waals surface area contributed by atoms with Crippen LogP contribution in [0, 0.1) is 6.07 Å². The number of aromatic nitrogens is 2. The number of halogens is 1. The highest BCUT2D eigenvalue weighted by Crippen LogP contribution is 2.16. The molecule has 99 valence electrons. The van der Waals surface area contributed by atoms with Crippen LogP contribution in [0.5, 0.6) is 0 Å². The summed E-state index contributed by atoms with van der Waals surface area (Å²) in [7, 11) is 1.68. The molecule has 1 aromatic heterocycles. The molecule has 0 aliphatic rings. The lowest BCUT2D eigenvalue weighted by Gasteiger charge is -2.23. The predicted molar refractivity (Wildman–Crippen MR) is 75.2 cm³/mol. The van der Waals surface area contributed by atoms with Crippen LogP contribution < -0.4 is 4.90 Å². The van der Waals surface area contributed by atoms with Gasteiger partial charge in [-0.1, -0.05) is 29.8 Å². The maximum absolute atomic E-state index is 5.91. The first-order valence-corrected chi connectivity index (χ1v) is 6.34. The van der Waals surface area contributed by atoms with Gasteiger partial charge in [-0.25, -0.2) is 9.97 Å². The van der Waals surface area contributed by atoms with Crippen molar-refractivity contribution in [3.05, 3.63) is 53.4 Å². The van der Waals surface area contributed by atoms with Crippen LogP contribution in [0.25, 0.3) is 0 Å². The Kier molecular flexibility index (Phi) is 5.12. The minimum atomic E-state index is 0.437. The van der Waals surface area contributed by atoms with Crippen molar-refractivity contribution in [1.29, 1.82) is 0 Å². The molecular formula is C14H15ClN3O. The molecule has 0 saturated carbocycles. The van der Waals surface area contributed by atoms with E-state index in [9.17, 15) is 0 Å². The molecule has 4 nitrogen and oxygen atoms in total. The number of hydrogen-bond donors (Lipinski definition) is 0. The van der Waals surface area contributed by atoms with Gasteiger partial charge in [0.05, 0.1) is 6.61 Å². The number of anilines is 1. The lowest BCUT2D eigenvalue weighted by Crippen LogP contribution is -2.27. The molecule has 0 spiro atoms. The summed E-state index contributed by atoms with van der Waals surface area (Å²) in [6.45, 7) is 2.09. The van der Waals surface area contributed by atoms with Crippen LogP contribution in [0.2, 0.25) is 5.15 Å². The number of ether oxygens (including phenoxy) is 1. The Labute approximate surface area is 118 Å². The van der Waals surface area contributed by atoms with Crippen LogP contribution in [0.15, 0.2) is 36.7 Å². The van der Waals surface area contributed by atoms with Gasteiger partial charge in [0.1, 0.15) is 17.3 Å². The molecule has 19 heavy (non-hydrogen) atoms. The molecule has 0 aliphatic carbocycles. The smallest absolute Gasteiger partial charge is 0.134 e. The van der Waals surface area contributed by atoms with Gasteiger partial charge in [0, 0.05) is 26.3 Å². The predicted octanol–water partition coefficient (Wildman–Crippen LogP) is 2.58. The molecule has 0 aliphatic heterocycles. The summed E-state index contributed by atoms with van der Waals surface area (Å²) < 4.78 is 5.14. The molecule has 0 N–H and O–H groups in total. The van der Waals surface area contributed by atoms with Gasteiger partial charge >= 0.3 is 0 Å². The highest BCUT2D eigenvalue weighted by atomic mass is 35.5. The number of rotatable bonds is 6. The molecule has 1 aromatic carbocycles. The topological polar surface area (TPSA) is 38.2 Å². The van der Waals surface area contributed by atoms with Gasteiger partial charge in [0.15, 0.2) is 0 Å². The Balaban J connectivity index is 2.16. The van der Waals surface area contributed by atoms with E-state index in [2.05, 4.69) is 27.0 Å². The molecule has 2 rings (SSSR count). The van der Waals surface area contributed by atoms with Crippen molar-refractivity contribution in [3.8, 4) is 0 Å². The van der Waals surface area contributed by atoms with Gasteiger partial charge in [-0.15, -0.1) is 0 Å². The maximum atomic E-state index is 5.91. The molecule has 0 saturated heterocycles. The Hall–Kier alpha value is -1.65. The normalized spacial score (nSPS) is 10.4. The molecule has 2 aromatic rings. The van der Waals surface area contributed by atoms with E-state index in [1.165, 1.54) is 6.33 Å². The fourth-order valence-electron chi connectivity index (χ4n) is 1.72. The SMILES string of the molecule is COCCN(Cc1c[c]ccc1)c1cc(Cl)ncn1. The van der Waals surface area contributed by atoms with Crippen LogP contribution in [0.1, 0.15) is 5.56 Å². The molecule has 0 unspecified atom stereocenters. The van der Waals surface area contributed by atoms with Crippen molar-refractivity contribution in [2.75, 3.05) is 25.2 Å². The van der Waals surface area contributed by atoms with Gasteiger partial charge in [-0.3, -0.25) is 0 Å². The van der Waals surface area contributed by atoms with Gasteiger partial charge in [0.2, 0.25) is 0 Å². The zero-order valence-electron chi connectivity index (χ0n) is 10.7. The molecule has 0 atom stereocenters. The highest BCUT2D eigenvalue weighted by molar-refractivity contribution is 6.29. The van der Waals surface area contributed by atoms with Crippen LogP contribution in [-0.2, 0) is 11.3 Å². The summed E-state index contributed by atoms with van der Waals surface area (Å²) in [6, 6.07) is 12.7. The number of nitrogens with zero attached hydrogens (tertiary/aromatic N) is 3. The van der Waals surface area contributed by atoms with E-state index in [0.717, 1.165) is 24.5 Å². The lowest BCUT2D eigenvalue weighted by atomic mass is 10.2. The van der Waals surface area contributed by atoms with Crippen molar-refractivity contribution in [2.45, 2.75) is 6.54 Å². The van der Waals surface area contributed by atoms with E-state index in [-0.39, 0.29) is 0 Å². The largest absolute Gasteiger partial charge is 0.383 e. The fourth-order valence-corrected chi connectivity index (χ4v) is 1.86. The summed E-state index contributed by atoms with van der Waals surface area (Å²) in [5.41, 5.74) is 1.16. The number of methoxy groups -OCH3 is 1. The third kappa shape index (κ3) is 4.19. The van der Waals surface area contributed by atoms with E-state index < -0.39 is 0 Å². The van der Waals surface area contributed by atoms with Crippen molar-refractivity contribution >= 4 is 17.4 Å². The molecule has 0 amide bonds. The fraction of sp³-hybridized carbons (Fsp3) is 0.286. The van der Waals surface area contributed by atoms with E-state index in [1.807, 2.05) is 18.2 Å². The second kappa shape index (κ2) is 7.07. The monoisotopic (exact) mass is 276 g/mol.